The molecule has 2 aliphatic heterocycles. The lowest BCUT2D eigenvalue weighted by molar-refractivity contribution is -0.136. The van der Waals surface area contributed by atoms with Gasteiger partial charge in [0.05, 0.1) is 5.56 Å². The number of carbonyl (C=O) groups excluding carboxylic acids is 2. The van der Waals surface area contributed by atoms with Crippen LogP contribution in [-0.4, -0.2) is 60.9 Å². The number of halogens is 3. The largest absolute Gasteiger partial charge is 0.418 e. The molecule has 0 atom stereocenters. The van der Waals surface area contributed by atoms with Gasteiger partial charge < -0.3 is 10.6 Å². The molecule has 9 heteroatoms. The van der Waals surface area contributed by atoms with Gasteiger partial charge >= 0.3 is 6.18 Å². The number of rotatable bonds is 5. The normalized spacial score (nSPS) is 16.9. The first-order valence-electron chi connectivity index (χ1n) is 11.6. The number of piperazine rings is 1. The molecule has 3 aromatic carbocycles. The molecule has 6 nitrogen and oxygen atoms in total. The van der Waals surface area contributed by atoms with E-state index in [9.17, 15) is 22.8 Å². The van der Waals surface area contributed by atoms with E-state index in [0.717, 1.165) is 11.5 Å². The average Bonchev–Trinajstić information content (AvgIpc) is 2.84. The van der Waals surface area contributed by atoms with Crippen LogP contribution in [0.3, 0.4) is 0 Å². The minimum Gasteiger partial charge on any atom is -0.398 e. The molecule has 2 amide bonds. The fourth-order valence-electron chi connectivity index (χ4n) is 4.95. The highest BCUT2D eigenvalue weighted by Gasteiger charge is 2.34. The summed E-state index contributed by atoms with van der Waals surface area (Å²) in [4.78, 5) is 31.5. The molecular formula is C26H25F3N4O2. The average molecular weight is 483 g/mol. The SMILES string of the molecule is Nc1ccc(N2CCN(CCCN3C(=O)c4cccc5cccc(c45)C3=O)CC2)cc1C(F)(F)F. The van der Waals surface area contributed by atoms with Crippen LogP contribution in [0.15, 0.2) is 54.6 Å². The summed E-state index contributed by atoms with van der Waals surface area (Å²) >= 11 is 0. The summed E-state index contributed by atoms with van der Waals surface area (Å²) in [7, 11) is 0. The number of benzene rings is 3. The number of nitrogen functional groups attached to an aromatic ring is 1. The Morgan fingerprint density at radius 2 is 1.46 bits per heavy atom. The van der Waals surface area contributed by atoms with E-state index >= 15 is 0 Å². The van der Waals surface area contributed by atoms with Gasteiger partial charge in [0.15, 0.2) is 0 Å². The minimum atomic E-state index is -4.49. The van der Waals surface area contributed by atoms with E-state index in [1.807, 2.05) is 29.2 Å². The van der Waals surface area contributed by atoms with E-state index in [1.165, 1.54) is 11.0 Å². The second kappa shape index (κ2) is 8.88. The molecule has 3 aromatic rings. The molecule has 182 valence electrons. The van der Waals surface area contributed by atoms with Gasteiger partial charge in [-0.25, -0.2) is 0 Å². The van der Waals surface area contributed by atoms with E-state index in [2.05, 4.69) is 4.90 Å². The maximum absolute atomic E-state index is 13.2. The Morgan fingerprint density at radius 3 is 2.06 bits per heavy atom. The smallest absolute Gasteiger partial charge is 0.398 e. The van der Waals surface area contributed by atoms with Gasteiger partial charge in [0.1, 0.15) is 0 Å². The fraction of sp³-hybridized carbons (Fsp3) is 0.308. The zero-order valence-corrected chi connectivity index (χ0v) is 19.0. The Labute approximate surface area is 200 Å². The summed E-state index contributed by atoms with van der Waals surface area (Å²) in [6.07, 6.45) is -3.87. The highest BCUT2D eigenvalue weighted by atomic mass is 19.4. The Morgan fingerprint density at radius 1 is 0.829 bits per heavy atom. The summed E-state index contributed by atoms with van der Waals surface area (Å²) in [5.41, 5.74) is 6.02. The molecular weight excluding hydrogens is 457 g/mol. The second-order valence-electron chi connectivity index (χ2n) is 8.92. The van der Waals surface area contributed by atoms with Crippen molar-refractivity contribution in [3.05, 3.63) is 71.3 Å². The van der Waals surface area contributed by atoms with Crippen LogP contribution >= 0.6 is 0 Å². The van der Waals surface area contributed by atoms with Crippen molar-refractivity contribution < 1.29 is 22.8 Å². The summed E-state index contributed by atoms with van der Waals surface area (Å²) in [5, 5.41) is 1.59. The van der Waals surface area contributed by atoms with Crippen LogP contribution < -0.4 is 10.6 Å². The van der Waals surface area contributed by atoms with Gasteiger partial charge in [-0.3, -0.25) is 19.4 Å². The van der Waals surface area contributed by atoms with E-state index in [-0.39, 0.29) is 17.5 Å². The third-order valence-electron chi connectivity index (χ3n) is 6.79. The van der Waals surface area contributed by atoms with Gasteiger partial charge in [0, 0.05) is 60.6 Å². The molecule has 0 radical (unpaired) electrons. The van der Waals surface area contributed by atoms with Gasteiger partial charge in [-0.15, -0.1) is 0 Å². The van der Waals surface area contributed by atoms with Crippen molar-refractivity contribution in [1.82, 2.24) is 9.80 Å². The van der Waals surface area contributed by atoms with Crippen molar-refractivity contribution in [2.24, 2.45) is 0 Å². The third-order valence-corrected chi connectivity index (χ3v) is 6.79. The van der Waals surface area contributed by atoms with Crippen molar-refractivity contribution >= 4 is 34.0 Å². The number of nitrogens with two attached hydrogens (primary N) is 1. The minimum absolute atomic E-state index is 0.270. The standard InChI is InChI=1S/C26H25F3N4O2/c27-26(28,29)21-16-18(8-9-22(21)30)32-14-12-31(13-15-32)10-3-11-33-24(34)19-6-1-4-17-5-2-7-20(23(17)19)25(33)35/h1-2,4-9,16H,3,10-15,30H2. The number of hydrogen-bond donors (Lipinski definition) is 1. The molecule has 0 spiro atoms. The van der Waals surface area contributed by atoms with E-state index in [1.54, 1.807) is 18.2 Å². The number of imide groups is 1. The predicted molar refractivity (Wildman–Crippen MR) is 128 cm³/mol. The van der Waals surface area contributed by atoms with E-state index in [0.29, 0.717) is 67.9 Å². The van der Waals surface area contributed by atoms with Crippen LogP contribution in [0.4, 0.5) is 24.5 Å². The summed E-state index contributed by atoms with van der Waals surface area (Å²) < 4.78 is 39.6. The Balaban J connectivity index is 1.18. The quantitative estimate of drug-likeness (QED) is 0.435. The third kappa shape index (κ3) is 4.32. The van der Waals surface area contributed by atoms with Crippen molar-refractivity contribution in [3.8, 4) is 0 Å². The lowest BCUT2D eigenvalue weighted by atomic mass is 9.94. The molecule has 1 saturated heterocycles. The van der Waals surface area contributed by atoms with Crippen LogP contribution in [0, 0.1) is 0 Å². The topological polar surface area (TPSA) is 69.9 Å². The molecule has 0 unspecified atom stereocenters. The zero-order valence-electron chi connectivity index (χ0n) is 19.0. The summed E-state index contributed by atoms with van der Waals surface area (Å²) in [6, 6.07) is 15.0. The van der Waals surface area contributed by atoms with Crippen molar-refractivity contribution in [3.63, 3.8) is 0 Å². The summed E-state index contributed by atoms with van der Waals surface area (Å²) in [5.74, 6) is -0.541. The first-order chi connectivity index (χ1) is 16.7. The lowest BCUT2D eigenvalue weighted by Gasteiger charge is -2.36. The Kier molecular flexibility index (Phi) is 5.88. The van der Waals surface area contributed by atoms with Crippen molar-refractivity contribution in [2.75, 3.05) is 49.9 Å². The maximum Gasteiger partial charge on any atom is 0.418 e. The molecule has 0 saturated carbocycles. The number of nitrogens with zero attached hydrogens (tertiary/aromatic N) is 3. The molecule has 2 heterocycles. The molecule has 2 aliphatic rings. The molecule has 0 aliphatic carbocycles. The van der Waals surface area contributed by atoms with E-state index in [4.69, 9.17) is 5.73 Å². The molecule has 5 rings (SSSR count). The van der Waals surface area contributed by atoms with Crippen LogP contribution in [0.5, 0.6) is 0 Å². The number of amides is 2. The molecule has 1 fully saturated rings. The molecule has 0 bridgehead atoms. The van der Waals surface area contributed by atoms with Crippen LogP contribution in [0.2, 0.25) is 0 Å². The van der Waals surface area contributed by atoms with Crippen LogP contribution in [0.25, 0.3) is 10.8 Å². The van der Waals surface area contributed by atoms with Crippen LogP contribution in [0.1, 0.15) is 32.7 Å². The zero-order chi connectivity index (χ0) is 24.7. The molecule has 0 aromatic heterocycles. The second-order valence-corrected chi connectivity index (χ2v) is 8.92. The molecule has 2 N–H and O–H groups in total. The number of anilines is 2. The highest BCUT2D eigenvalue weighted by Crippen LogP contribution is 2.36. The van der Waals surface area contributed by atoms with Crippen LogP contribution in [-0.2, 0) is 6.18 Å². The van der Waals surface area contributed by atoms with Gasteiger partial charge in [-0.05, 0) is 48.7 Å². The van der Waals surface area contributed by atoms with Gasteiger partial charge in [0.25, 0.3) is 11.8 Å². The number of hydrogen-bond acceptors (Lipinski definition) is 5. The van der Waals surface area contributed by atoms with Gasteiger partial charge in [0.2, 0.25) is 0 Å². The number of alkyl halides is 3. The number of carbonyl (C=O) groups is 2. The Bertz CT molecular complexity index is 1250. The van der Waals surface area contributed by atoms with Crippen molar-refractivity contribution in [2.45, 2.75) is 12.6 Å². The van der Waals surface area contributed by atoms with Gasteiger partial charge in [-0.2, -0.15) is 13.2 Å². The summed E-state index contributed by atoms with van der Waals surface area (Å²) in [6.45, 7) is 3.52. The predicted octanol–water partition coefficient (Wildman–Crippen LogP) is 4.25. The lowest BCUT2D eigenvalue weighted by Crippen LogP contribution is -2.47. The monoisotopic (exact) mass is 482 g/mol. The highest BCUT2D eigenvalue weighted by molar-refractivity contribution is 6.25. The first-order valence-corrected chi connectivity index (χ1v) is 11.6. The first kappa shape index (κ1) is 23.2. The molecule has 35 heavy (non-hydrogen) atoms. The Hall–Kier alpha value is -3.59. The fourth-order valence-corrected chi connectivity index (χ4v) is 4.95. The van der Waals surface area contributed by atoms with Gasteiger partial charge in [-0.1, -0.05) is 24.3 Å². The maximum atomic E-state index is 13.2. The van der Waals surface area contributed by atoms with E-state index < -0.39 is 11.7 Å². The van der Waals surface area contributed by atoms with Crippen molar-refractivity contribution in [1.29, 1.82) is 0 Å².